The summed E-state index contributed by atoms with van der Waals surface area (Å²) in [6.45, 7) is 3.35. The predicted octanol–water partition coefficient (Wildman–Crippen LogP) is 2.82. The van der Waals surface area contributed by atoms with Crippen molar-refractivity contribution >= 4 is 11.8 Å². The van der Waals surface area contributed by atoms with Gasteiger partial charge in [-0.3, -0.25) is 0 Å². The number of rotatable bonds is 3. The van der Waals surface area contributed by atoms with Crippen molar-refractivity contribution in [2.75, 3.05) is 20.8 Å². The van der Waals surface area contributed by atoms with E-state index in [0.717, 1.165) is 18.0 Å². The van der Waals surface area contributed by atoms with Gasteiger partial charge in [-0.1, -0.05) is 13.0 Å². The first kappa shape index (κ1) is 12.6. The molecule has 0 saturated carbocycles. The minimum absolute atomic E-state index is 0.360. The van der Waals surface area contributed by atoms with Crippen LogP contribution in [-0.4, -0.2) is 26.0 Å². The molecule has 1 aromatic carbocycles. The summed E-state index contributed by atoms with van der Waals surface area (Å²) < 4.78 is 10.6. The molecule has 1 aliphatic heterocycles. The smallest absolute Gasteiger partial charge is 0.161 e. The molecular formula is C13H19NO2S. The summed E-state index contributed by atoms with van der Waals surface area (Å²) in [6, 6.07) is 6.13. The number of hydrogen-bond donors (Lipinski definition) is 1. The molecule has 0 spiro atoms. The molecular weight excluding hydrogens is 234 g/mol. The summed E-state index contributed by atoms with van der Waals surface area (Å²) in [6.07, 6.45) is 1.23. The van der Waals surface area contributed by atoms with Crippen LogP contribution >= 0.6 is 11.8 Å². The Morgan fingerprint density at radius 2 is 2.00 bits per heavy atom. The van der Waals surface area contributed by atoms with Gasteiger partial charge in [-0.2, -0.15) is 0 Å². The molecule has 2 unspecified atom stereocenters. The van der Waals surface area contributed by atoms with Gasteiger partial charge in [0.15, 0.2) is 11.5 Å². The number of methoxy groups -OCH3 is 2. The van der Waals surface area contributed by atoms with Crippen LogP contribution in [0.15, 0.2) is 18.2 Å². The third-order valence-corrected chi connectivity index (χ3v) is 4.37. The van der Waals surface area contributed by atoms with Crippen molar-refractivity contribution in [2.24, 2.45) is 0 Å². The van der Waals surface area contributed by atoms with E-state index >= 15 is 0 Å². The lowest BCUT2D eigenvalue weighted by atomic mass is 10.2. The van der Waals surface area contributed by atoms with Crippen molar-refractivity contribution in [3.05, 3.63) is 23.8 Å². The van der Waals surface area contributed by atoms with E-state index in [2.05, 4.69) is 24.4 Å². The maximum atomic E-state index is 5.33. The van der Waals surface area contributed by atoms with Gasteiger partial charge >= 0.3 is 0 Å². The molecule has 0 radical (unpaired) electrons. The third-order valence-electron chi connectivity index (χ3n) is 2.96. The van der Waals surface area contributed by atoms with Gasteiger partial charge in [0.1, 0.15) is 0 Å². The lowest BCUT2D eigenvalue weighted by Gasteiger charge is -2.28. The second-order valence-electron chi connectivity index (χ2n) is 4.18. The highest BCUT2D eigenvalue weighted by atomic mass is 32.2. The zero-order chi connectivity index (χ0) is 12.3. The van der Waals surface area contributed by atoms with E-state index in [4.69, 9.17) is 9.47 Å². The number of nitrogens with one attached hydrogen (secondary N) is 1. The van der Waals surface area contributed by atoms with Crippen LogP contribution in [0.25, 0.3) is 0 Å². The molecule has 0 aromatic heterocycles. The van der Waals surface area contributed by atoms with E-state index < -0.39 is 0 Å². The van der Waals surface area contributed by atoms with Crippen molar-refractivity contribution in [2.45, 2.75) is 24.0 Å². The monoisotopic (exact) mass is 253 g/mol. The summed E-state index contributed by atoms with van der Waals surface area (Å²) in [4.78, 5) is 0. The average molecular weight is 253 g/mol. The highest BCUT2D eigenvalue weighted by Gasteiger charge is 2.21. The van der Waals surface area contributed by atoms with Gasteiger partial charge in [0.2, 0.25) is 0 Å². The third kappa shape index (κ3) is 2.87. The first-order chi connectivity index (χ1) is 8.24. The van der Waals surface area contributed by atoms with Crippen LogP contribution in [0, 0.1) is 0 Å². The van der Waals surface area contributed by atoms with Crippen molar-refractivity contribution in [1.82, 2.24) is 5.32 Å². The summed E-state index contributed by atoms with van der Waals surface area (Å²) in [5.41, 5.74) is 1.25. The van der Waals surface area contributed by atoms with Crippen LogP contribution in [0.5, 0.6) is 11.5 Å². The first-order valence-electron chi connectivity index (χ1n) is 5.85. The fourth-order valence-corrected chi connectivity index (χ4v) is 3.21. The van der Waals surface area contributed by atoms with Crippen LogP contribution in [0.4, 0.5) is 0 Å². The van der Waals surface area contributed by atoms with Crippen LogP contribution in [0.3, 0.4) is 0 Å². The summed E-state index contributed by atoms with van der Waals surface area (Å²) in [5.74, 6) is 1.58. The summed E-state index contributed by atoms with van der Waals surface area (Å²) >= 11 is 1.96. The summed E-state index contributed by atoms with van der Waals surface area (Å²) in [7, 11) is 3.33. The molecule has 1 aromatic rings. The van der Waals surface area contributed by atoms with Crippen molar-refractivity contribution in [1.29, 1.82) is 0 Å². The van der Waals surface area contributed by atoms with Crippen LogP contribution in [-0.2, 0) is 0 Å². The van der Waals surface area contributed by atoms with E-state index in [0.29, 0.717) is 10.6 Å². The van der Waals surface area contributed by atoms with Crippen molar-refractivity contribution < 1.29 is 9.47 Å². The fraction of sp³-hybridized carbons (Fsp3) is 0.538. The van der Waals surface area contributed by atoms with Gasteiger partial charge < -0.3 is 14.8 Å². The maximum absolute atomic E-state index is 5.33. The Morgan fingerprint density at radius 1 is 1.24 bits per heavy atom. The molecule has 1 heterocycles. The minimum atomic E-state index is 0.360. The van der Waals surface area contributed by atoms with Gasteiger partial charge in [-0.05, 0) is 30.7 Å². The van der Waals surface area contributed by atoms with E-state index in [1.165, 1.54) is 12.0 Å². The minimum Gasteiger partial charge on any atom is -0.493 e. The quantitative estimate of drug-likeness (QED) is 0.897. The first-order valence-corrected chi connectivity index (χ1v) is 6.79. The Bertz CT molecular complexity index is 384. The van der Waals surface area contributed by atoms with Crippen LogP contribution < -0.4 is 14.8 Å². The van der Waals surface area contributed by atoms with E-state index in [-0.39, 0.29) is 0 Å². The molecule has 4 heteroatoms. The molecule has 3 nitrogen and oxygen atoms in total. The number of benzene rings is 1. The summed E-state index contributed by atoms with van der Waals surface area (Å²) in [5, 5.41) is 4.58. The molecule has 1 saturated heterocycles. The molecule has 2 rings (SSSR count). The lowest BCUT2D eigenvalue weighted by Crippen LogP contribution is -2.28. The lowest BCUT2D eigenvalue weighted by molar-refractivity contribution is 0.354. The second kappa shape index (κ2) is 5.65. The molecule has 0 bridgehead atoms. The fourth-order valence-electron chi connectivity index (χ4n) is 1.98. The molecule has 1 N–H and O–H groups in total. The SMILES string of the molecule is COc1ccc(C2NCCC(C)S2)cc1OC. The molecule has 94 valence electrons. The molecule has 0 amide bonds. The van der Waals surface area contributed by atoms with Gasteiger partial charge in [0.05, 0.1) is 19.6 Å². The number of hydrogen-bond acceptors (Lipinski definition) is 4. The Kier molecular flexibility index (Phi) is 4.18. The normalized spacial score (nSPS) is 24.4. The Balaban J connectivity index is 2.20. The molecule has 1 aliphatic rings. The Morgan fingerprint density at radius 3 is 2.65 bits per heavy atom. The molecule has 1 fully saturated rings. The maximum Gasteiger partial charge on any atom is 0.161 e. The Hall–Kier alpha value is -0.870. The van der Waals surface area contributed by atoms with Gasteiger partial charge in [-0.15, -0.1) is 11.8 Å². The van der Waals surface area contributed by atoms with E-state index in [9.17, 15) is 0 Å². The number of thioether (sulfide) groups is 1. The van der Waals surface area contributed by atoms with Gasteiger partial charge in [0.25, 0.3) is 0 Å². The second-order valence-corrected chi connectivity index (χ2v) is 5.73. The van der Waals surface area contributed by atoms with Crippen LogP contribution in [0.1, 0.15) is 24.3 Å². The highest BCUT2D eigenvalue weighted by Crippen LogP contribution is 2.37. The topological polar surface area (TPSA) is 30.5 Å². The van der Waals surface area contributed by atoms with Gasteiger partial charge in [0, 0.05) is 5.25 Å². The largest absolute Gasteiger partial charge is 0.493 e. The van der Waals surface area contributed by atoms with Crippen molar-refractivity contribution in [3.63, 3.8) is 0 Å². The highest BCUT2D eigenvalue weighted by molar-refractivity contribution is 8.00. The van der Waals surface area contributed by atoms with Gasteiger partial charge in [-0.25, -0.2) is 0 Å². The van der Waals surface area contributed by atoms with Crippen LogP contribution in [0.2, 0.25) is 0 Å². The predicted molar refractivity (Wildman–Crippen MR) is 72.0 cm³/mol. The molecule has 2 atom stereocenters. The molecule has 17 heavy (non-hydrogen) atoms. The zero-order valence-electron chi connectivity index (χ0n) is 10.5. The zero-order valence-corrected chi connectivity index (χ0v) is 11.3. The van der Waals surface area contributed by atoms with E-state index in [1.807, 2.05) is 17.8 Å². The standard InChI is InChI=1S/C13H19NO2S/c1-9-6-7-14-13(17-9)10-4-5-11(15-2)12(8-10)16-3/h4-5,8-9,13-14H,6-7H2,1-3H3. The molecule has 0 aliphatic carbocycles. The Labute approximate surface area is 107 Å². The van der Waals surface area contributed by atoms with Crippen molar-refractivity contribution in [3.8, 4) is 11.5 Å². The average Bonchev–Trinajstić information content (AvgIpc) is 2.38. The number of ether oxygens (including phenoxy) is 2. The van der Waals surface area contributed by atoms with E-state index in [1.54, 1.807) is 14.2 Å².